The molecule has 0 saturated heterocycles. The maximum atomic E-state index is 12.5. The van der Waals surface area contributed by atoms with Gasteiger partial charge >= 0.3 is 6.18 Å². The highest BCUT2D eigenvalue weighted by molar-refractivity contribution is 5.59. The molecule has 2 unspecified atom stereocenters. The van der Waals surface area contributed by atoms with Crippen molar-refractivity contribution in [3.8, 4) is 0 Å². The minimum atomic E-state index is -4.27. The van der Waals surface area contributed by atoms with Gasteiger partial charge in [0, 0.05) is 17.8 Å². The zero-order valence-electron chi connectivity index (χ0n) is 9.73. The van der Waals surface area contributed by atoms with Crippen molar-refractivity contribution in [3.63, 3.8) is 0 Å². The average molecular weight is 244 g/mol. The van der Waals surface area contributed by atoms with Crippen LogP contribution in [0.2, 0.25) is 0 Å². The van der Waals surface area contributed by atoms with Gasteiger partial charge in [0.2, 0.25) is 0 Å². The molecule has 94 valence electrons. The fourth-order valence-electron chi connectivity index (χ4n) is 2.06. The molecule has 0 aromatic heterocycles. The molecule has 1 aliphatic rings. The summed E-state index contributed by atoms with van der Waals surface area (Å²) in [5, 5.41) is 6.24. The minimum absolute atomic E-state index is 0.151. The summed E-state index contributed by atoms with van der Waals surface area (Å²) in [4.78, 5) is 0. The minimum Gasteiger partial charge on any atom is -0.380 e. The normalized spacial score (nSPS) is 20.9. The molecule has 2 nitrogen and oxygen atoms in total. The first-order chi connectivity index (χ1) is 7.91. The van der Waals surface area contributed by atoms with Crippen molar-refractivity contribution in [2.75, 3.05) is 12.4 Å². The second kappa shape index (κ2) is 4.22. The molecule has 17 heavy (non-hydrogen) atoms. The van der Waals surface area contributed by atoms with Crippen molar-refractivity contribution in [1.29, 1.82) is 0 Å². The van der Waals surface area contributed by atoms with E-state index in [0.29, 0.717) is 5.69 Å². The second-order valence-corrected chi connectivity index (χ2v) is 4.40. The van der Waals surface area contributed by atoms with Crippen molar-refractivity contribution >= 4 is 5.69 Å². The number of hydrogen-bond acceptors (Lipinski definition) is 2. The van der Waals surface area contributed by atoms with E-state index in [2.05, 4.69) is 10.6 Å². The molecule has 5 heteroatoms. The van der Waals surface area contributed by atoms with Crippen LogP contribution in [0.5, 0.6) is 0 Å². The molecule has 2 atom stereocenters. The van der Waals surface area contributed by atoms with E-state index in [-0.39, 0.29) is 12.1 Å². The Kier molecular flexibility index (Phi) is 3.03. The van der Waals surface area contributed by atoms with Gasteiger partial charge in [-0.1, -0.05) is 6.07 Å². The van der Waals surface area contributed by atoms with Gasteiger partial charge < -0.3 is 10.6 Å². The first-order valence-electron chi connectivity index (χ1n) is 5.55. The fourth-order valence-corrected chi connectivity index (χ4v) is 2.06. The number of benzene rings is 1. The highest BCUT2D eigenvalue weighted by Crippen LogP contribution is 2.35. The monoisotopic (exact) mass is 244 g/mol. The third-order valence-corrected chi connectivity index (χ3v) is 3.28. The Balaban J connectivity index is 2.22. The predicted octanol–water partition coefficient (Wildman–Crippen LogP) is 2.65. The molecule has 0 saturated carbocycles. The number of anilines is 1. The molecule has 0 amide bonds. The maximum Gasteiger partial charge on any atom is 0.416 e. The Bertz CT molecular complexity index is 415. The average Bonchev–Trinajstić information content (AvgIpc) is 2.69. The largest absolute Gasteiger partial charge is 0.416 e. The van der Waals surface area contributed by atoms with Gasteiger partial charge in [-0.15, -0.1) is 0 Å². The van der Waals surface area contributed by atoms with Gasteiger partial charge in [0.1, 0.15) is 0 Å². The summed E-state index contributed by atoms with van der Waals surface area (Å²) in [5.74, 6) is 0. The lowest BCUT2D eigenvalue weighted by Gasteiger charge is -2.19. The quantitative estimate of drug-likeness (QED) is 0.835. The van der Waals surface area contributed by atoms with E-state index in [9.17, 15) is 13.2 Å². The summed E-state index contributed by atoms with van der Waals surface area (Å²) in [5.41, 5.74) is 0.957. The number of fused-ring (bicyclic) bond motifs is 1. The van der Waals surface area contributed by atoms with Crippen molar-refractivity contribution in [1.82, 2.24) is 5.32 Å². The van der Waals surface area contributed by atoms with Crippen LogP contribution >= 0.6 is 0 Å². The zero-order valence-corrected chi connectivity index (χ0v) is 9.73. The van der Waals surface area contributed by atoms with Gasteiger partial charge in [0.15, 0.2) is 0 Å². The Morgan fingerprint density at radius 1 is 1.41 bits per heavy atom. The van der Waals surface area contributed by atoms with Gasteiger partial charge in [0.05, 0.1) is 5.56 Å². The van der Waals surface area contributed by atoms with Gasteiger partial charge in [0.25, 0.3) is 0 Å². The topological polar surface area (TPSA) is 24.1 Å². The summed E-state index contributed by atoms with van der Waals surface area (Å²) >= 11 is 0. The number of rotatable bonds is 2. The van der Waals surface area contributed by atoms with Crippen LogP contribution < -0.4 is 10.6 Å². The summed E-state index contributed by atoms with van der Waals surface area (Å²) in [7, 11) is 1.84. The van der Waals surface area contributed by atoms with E-state index in [1.165, 1.54) is 6.07 Å². The third kappa shape index (κ3) is 2.39. The summed E-state index contributed by atoms with van der Waals surface area (Å²) in [6, 6.07) is 4.27. The highest BCUT2D eigenvalue weighted by Gasteiger charge is 2.33. The van der Waals surface area contributed by atoms with Crippen LogP contribution in [-0.4, -0.2) is 19.1 Å². The van der Waals surface area contributed by atoms with Crippen molar-refractivity contribution in [3.05, 3.63) is 29.3 Å². The lowest BCUT2D eigenvalue weighted by molar-refractivity contribution is -0.137. The lowest BCUT2D eigenvalue weighted by atomic mass is 10.0. The zero-order chi connectivity index (χ0) is 12.6. The summed E-state index contributed by atoms with van der Waals surface area (Å²) in [6.07, 6.45) is -3.51. The van der Waals surface area contributed by atoms with Crippen LogP contribution in [0.3, 0.4) is 0 Å². The number of alkyl halides is 3. The summed E-state index contributed by atoms with van der Waals surface area (Å²) in [6.45, 7) is 2.01. The summed E-state index contributed by atoms with van der Waals surface area (Å²) < 4.78 is 37.6. The van der Waals surface area contributed by atoms with Crippen molar-refractivity contribution < 1.29 is 13.2 Å². The lowest BCUT2D eigenvalue weighted by Crippen LogP contribution is -2.38. The maximum absolute atomic E-state index is 12.5. The van der Waals surface area contributed by atoms with Crippen LogP contribution in [-0.2, 0) is 12.6 Å². The van der Waals surface area contributed by atoms with Gasteiger partial charge in [-0.2, -0.15) is 13.2 Å². The first-order valence-corrected chi connectivity index (χ1v) is 5.55. The number of nitrogens with one attached hydrogen (secondary N) is 2. The first kappa shape index (κ1) is 12.2. The Labute approximate surface area is 98.2 Å². The Hall–Kier alpha value is -1.23. The molecular weight excluding hydrogens is 229 g/mol. The molecule has 2 N–H and O–H groups in total. The highest BCUT2D eigenvalue weighted by atomic mass is 19.4. The van der Waals surface area contributed by atoms with Crippen LogP contribution in [0, 0.1) is 0 Å². The molecule has 1 aromatic rings. The van der Waals surface area contributed by atoms with Crippen LogP contribution in [0.4, 0.5) is 18.9 Å². The molecule has 0 radical (unpaired) electrons. The molecule has 1 aromatic carbocycles. The van der Waals surface area contributed by atoms with Crippen LogP contribution in [0.1, 0.15) is 18.1 Å². The molecule has 1 aliphatic heterocycles. The molecular formula is C12H15F3N2. The molecule has 2 rings (SSSR count). The Morgan fingerprint density at radius 2 is 2.12 bits per heavy atom. The van der Waals surface area contributed by atoms with E-state index in [1.807, 2.05) is 14.0 Å². The fraction of sp³-hybridized carbons (Fsp3) is 0.500. The standard InChI is InChI=1S/C12H15F3N2/c1-7(16-2)10-5-8-3-4-9(12(13,14)15)6-11(8)17-10/h3-4,6-7,10,16-17H,5H2,1-2H3. The number of hydrogen-bond donors (Lipinski definition) is 2. The van der Waals surface area contributed by atoms with Crippen molar-refractivity contribution in [2.24, 2.45) is 0 Å². The van der Waals surface area contributed by atoms with E-state index >= 15 is 0 Å². The van der Waals surface area contributed by atoms with Gasteiger partial charge in [-0.25, -0.2) is 0 Å². The van der Waals surface area contributed by atoms with Gasteiger partial charge in [-0.05, 0) is 38.1 Å². The predicted molar refractivity (Wildman–Crippen MR) is 61.1 cm³/mol. The third-order valence-electron chi connectivity index (χ3n) is 3.28. The van der Waals surface area contributed by atoms with Crippen LogP contribution in [0.15, 0.2) is 18.2 Å². The van der Waals surface area contributed by atoms with E-state index in [1.54, 1.807) is 6.07 Å². The van der Waals surface area contributed by atoms with Gasteiger partial charge in [-0.3, -0.25) is 0 Å². The van der Waals surface area contributed by atoms with E-state index in [0.717, 1.165) is 18.1 Å². The Morgan fingerprint density at radius 3 is 2.71 bits per heavy atom. The molecule has 0 spiro atoms. The van der Waals surface area contributed by atoms with E-state index < -0.39 is 11.7 Å². The second-order valence-electron chi connectivity index (χ2n) is 4.40. The molecule has 0 bridgehead atoms. The van der Waals surface area contributed by atoms with Crippen molar-refractivity contribution in [2.45, 2.75) is 31.6 Å². The smallest absolute Gasteiger partial charge is 0.380 e. The molecule has 1 heterocycles. The number of likely N-dealkylation sites (N-methyl/N-ethyl adjacent to an activating group) is 1. The molecule has 0 aliphatic carbocycles. The SMILES string of the molecule is CNC(C)C1Cc2ccc(C(F)(F)F)cc2N1. The molecule has 0 fully saturated rings. The van der Waals surface area contributed by atoms with E-state index in [4.69, 9.17) is 0 Å². The number of halogens is 3. The van der Waals surface area contributed by atoms with Crippen LogP contribution in [0.25, 0.3) is 0 Å².